The van der Waals surface area contributed by atoms with Crippen molar-refractivity contribution in [3.8, 4) is 33.9 Å². The molecule has 8 aromatic rings. The molecule has 7 heterocycles. The van der Waals surface area contributed by atoms with Gasteiger partial charge in [-0.3, -0.25) is 24.3 Å². The van der Waals surface area contributed by atoms with Gasteiger partial charge in [0, 0.05) is 46.7 Å². The summed E-state index contributed by atoms with van der Waals surface area (Å²) in [5.41, 5.74) is 17.5. The second kappa shape index (κ2) is 16.5. The Balaban J connectivity index is 0.000000122. The Morgan fingerprint density at radius 3 is 1.71 bits per heavy atom. The average Bonchev–Trinajstić information content (AvgIpc) is 4.16. The highest BCUT2D eigenvalue weighted by molar-refractivity contribution is 6.61. The SMILES string of the molecule is CC1(C)OB(c2ccn(C3CC3)n2)OC1(C)C.Nc1cnc(-c2cc(Cl)c3ncccc3c2)c(-c2ccn(C3CC3)n2)n1.Nc1cnc(-c2cc(Cl)c3ncccc3c2)c(Cl)n1. The molecule has 0 bridgehead atoms. The Kier molecular flexibility index (Phi) is 11.1. The molecule has 18 heteroatoms. The van der Waals surface area contributed by atoms with Crippen LogP contribution >= 0.6 is 34.8 Å². The molecule has 14 nitrogen and oxygen atoms in total. The lowest BCUT2D eigenvalue weighted by molar-refractivity contribution is 0.00578. The molecule has 3 aliphatic rings. The number of benzene rings is 2. The fraction of sp³-hybridized carbons (Fsp3) is 0.273. The highest BCUT2D eigenvalue weighted by atomic mass is 35.5. The van der Waals surface area contributed by atoms with E-state index < -0.39 is 0 Å². The topological polar surface area (TPSA) is 183 Å². The fourth-order valence-corrected chi connectivity index (χ4v) is 7.73. The number of halogens is 3. The van der Waals surface area contributed by atoms with Gasteiger partial charge in [-0.2, -0.15) is 10.2 Å². The van der Waals surface area contributed by atoms with Crippen molar-refractivity contribution in [2.24, 2.45) is 0 Å². The van der Waals surface area contributed by atoms with Crippen molar-refractivity contribution in [3.63, 3.8) is 0 Å². The third-order valence-corrected chi connectivity index (χ3v) is 12.1. The Labute approximate surface area is 373 Å². The molecule has 3 fully saturated rings. The number of rotatable bonds is 6. The molecule has 4 N–H and O–H groups in total. The summed E-state index contributed by atoms with van der Waals surface area (Å²) in [5.74, 6) is 0.639. The van der Waals surface area contributed by atoms with E-state index in [9.17, 15) is 0 Å². The molecule has 314 valence electrons. The molecule has 11 rings (SSSR count). The van der Waals surface area contributed by atoms with Crippen molar-refractivity contribution >= 4 is 81.0 Å². The number of fused-ring (bicyclic) bond motifs is 2. The van der Waals surface area contributed by atoms with Crippen LogP contribution in [0.3, 0.4) is 0 Å². The molecule has 62 heavy (non-hydrogen) atoms. The average molecular weight is 888 g/mol. The summed E-state index contributed by atoms with van der Waals surface area (Å²) in [7, 11) is -0.333. The molecule has 0 radical (unpaired) electrons. The number of hydrogen-bond donors (Lipinski definition) is 2. The molecule has 6 aromatic heterocycles. The number of nitrogens with zero attached hydrogens (tertiary/aromatic N) is 10. The molecule has 2 saturated carbocycles. The number of aromatic nitrogens is 10. The number of nitrogen functional groups attached to an aromatic ring is 2. The van der Waals surface area contributed by atoms with Crippen LogP contribution in [0, 0.1) is 0 Å². The van der Waals surface area contributed by atoms with Crippen molar-refractivity contribution in [1.29, 1.82) is 0 Å². The van der Waals surface area contributed by atoms with Crippen LogP contribution in [0.5, 0.6) is 0 Å². The van der Waals surface area contributed by atoms with Gasteiger partial charge in [0.25, 0.3) is 0 Å². The number of nitrogens with two attached hydrogens (primary N) is 2. The summed E-state index contributed by atoms with van der Waals surface area (Å²) < 4.78 is 15.9. The minimum Gasteiger partial charge on any atom is -0.398 e. The second-order valence-electron chi connectivity index (χ2n) is 16.4. The molecular formula is C44H42BCl3N12O2. The lowest BCUT2D eigenvalue weighted by Gasteiger charge is -2.32. The zero-order chi connectivity index (χ0) is 43.3. The maximum Gasteiger partial charge on any atom is 0.516 e. The van der Waals surface area contributed by atoms with Gasteiger partial charge in [0.2, 0.25) is 0 Å². The van der Waals surface area contributed by atoms with Gasteiger partial charge >= 0.3 is 7.12 Å². The number of anilines is 2. The Morgan fingerprint density at radius 1 is 0.629 bits per heavy atom. The van der Waals surface area contributed by atoms with Crippen molar-refractivity contribution in [1.82, 2.24) is 49.5 Å². The molecule has 1 saturated heterocycles. The summed E-state index contributed by atoms with van der Waals surface area (Å²) >= 11 is 18.7. The minimum absolute atomic E-state index is 0.249. The summed E-state index contributed by atoms with van der Waals surface area (Å²) in [4.78, 5) is 25.8. The molecular weight excluding hydrogens is 846 g/mol. The first-order chi connectivity index (χ1) is 29.7. The van der Waals surface area contributed by atoms with E-state index in [1.807, 2.05) is 76.4 Å². The van der Waals surface area contributed by atoms with E-state index in [1.54, 1.807) is 24.7 Å². The standard InChI is InChI=1S/C19H15ClN6.C13H8Cl2N4.C12H19BN2O2/c20-14-9-12(8-11-2-1-6-22-17(11)14)18-19(24-16(21)10-23-18)15-5-7-26(25-15)13-3-4-13;14-9-5-8(4-7-2-1-3-17-11(7)9)12-13(15)19-10(16)6-18-12;1-11(2)12(3,4)17-13(16-11)10-7-8-15(14-10)9-5-6-9/h1-2,5-10,13H,3-4H2,(H2,21,24);1-6H,(H2,16,19);7-9H,5-6H2,1-4H3. The normalized spacial score (nSPS) is 16.5. The predicted molar refractivity (Wildman–Crippen MR) is 245 cm³/mol. The van der Waals surface area contributed by atoms with Crippen LogP contribution in [-0.2, 0) is 9.31 Å². The van der Waals surface area contributed by atoms with Gasteiger partial charge in [-0.1, -0.05) is 46.9 Å². The summed E-state index contributed by atoms with van der Waals surface area (Å²) in [6, 6.07) is 20.2. The van der Waals surface area contributed by atoms with E-state index in [2.05, 4.69) is 67.8 Å². The van der Waals surface area contributed by atoms with Crippen LogP contribution in [0.25, 0.3) is 55.7 Å². The van der Waals surface area contributed by atoms with Crippen LogP contribution in [0.1, 0.15) is 65.5 Å². The first kappa shape index (κ1) is 41.6. The second-order valence-corrected chi connectivity index (χ2v) is 17.6. The van der Waals surface area contributed by atoms with Crippen LogP contribution in [-0.4, -0.2) is 67.8 Å². The van der Waals surface area contributed by atoms with Crippen molar-refractivity contribution < 1.29 is 9.31 Å². The minimum atomic E-state index is -0.333. The first-order valence-corrected chi connectivity index (χ1v) is 21.3. The van der Waals surface area contributed by atoms with Crippen LogP contribution in [0.4, 0.5) is 11.6 Å². The van der Waals surface area contributed by atoms with Crippen LogP contribution in [0.2, 0.25) is 15.2 Å². The zero-order valence-corrected chi connectivity index (χ0v) is 36.6. The maximum absolute atomic E-state index is 6.44. The van der Waals surface area contributed by atoms with E-state index in [0.717, 1.165) is 44.2 Å². The van der Waals surface area contributed by atoms with Crippen molar-refractivity contribution in [2.45, 2.75) is 76.7 Å². The van der Waals surface area contributed by atoms with E-state index in [4.69, 9.17) is 55.6 Å². The largest absolute Gasteiger partial charge is 0.516 e. The van der Waals surface area contributed by atoms with E-state index >= 15 is 0 Å². The fourth-order valence-electron chi connectivity index (χ4n) is 6.93. The Morgan fingerprint density at radius 2 is 1.15 bits per heavy atom. The summed E-state index contributed by atoms with van der Waals surface area (Å²) in [6.07, 6.45) is 15.3. The zero-order valence-electron chi connectivity index (χ0n) is 34.4. The molecule has 2 aromatic carbocycles. The van der Waals surface area contributed by atoms with Crippen LogP contribution in [0.15, 0.2) is 97.8 Å². The first-order valence-electron chi connectivity index (χ1n) is 20.2. The van der Waals surface area contributed by atoms with Crippen molar-refractivity contribution in [2.75, 3.05) is 11.5 Å². The highest BCUT2D eigenvalue weighted by Crippen LogP contribution is 2.39. The van der Waals surface area contributed by atoms with Gasteiger partial charge in [-0.25, -0.2) is 15.0 Å². The molecule has 1 aliphatic heterocycles. The lowest BCUT2D eigenvalue weighted by Crippen LogP contribution is -2.41. The van der Waals surface area contributed by atoms with E-state index in [0.29, 0.717) is 45.0 Å². The number of hydrogen-bond acceptors (Lipinski definition) is 12. The molecule has 0 atom stereocenters. The highest BCUT2D eigenvalue weighted by Gasteiger charge is 2.52. The van der Waals surface area contributed by atoms with Gasteiger partial charge in [-0.15, -0.1) is 0 Å². The summed E-state index contributed by atoms with van der Waals surface area (Å²) in [5, 5.41) is 12.5. The van der Waals surface area contributed by atoms with Crippen molar-refractivity contribution in [3.05, 3.63) is 113 Å². The van der Waals surface area contributed by atoms with Gasteiger partial charge in [0.05, 0.1) is 68.0 Å². The summed E-state index contributed by atoms with van der Waals surface area (Å²) in [6.45, 7) is 8.24. The van der Waals surface area contributed by atoms with E-state index in [-0.39, 0.29) is 29.3 Å². The predicted octanol–water partition coefficient (Wildman–Crippen LogP) is 9.22. The van der Waals surface area contributed by atoms with Gasteiger partial charge in [-0.05, 0) is 102 Å². The molecule has 2 aliphatic carbocycles. The van der Waals surface area contributed by atoms with Gasteiger partial charge in [0.15, 0.2) is 5.15 Å². The molecule has 0 amide bonds. The number of pyridine rings is 2. The molecule has 0 spiro atoms. The molecule has 0 unspecified atom stereocenters. The lowest BCUT2D eigenvalue weighted by atomic mass is 9.85. The van der Waals surface area contributed by atoms with Crippen LogP contribution < -0.4 is 17.1 Å². The third kappa shape index (κ3) is 8.68. The quantitative estimate of drug-likeness (QED) is 0.151. The van der Waals surface area contributed by atoms with E-state index in [1.165, 1.54) is 31.9 Å². The van der Waals surface area contributed by atoms with Gasteiger partial charge < -0.3 is 20.8 Å². The van der Waals surface area contributed by atoms with Gasteiger partial charge in [0.1, 0.15) is 28.7 Å². The maximum atomic E-state index is 6.44. The Bertz CT molecular complexity index is 2940. The monoisotopic (exact) mass is 886 g/mol. The third-order valence-electron chi connectivity index (χ3n) is 11.2. The Hall–Kier alpha value is -5.71. The smallest absolute Gasteiger partial charge is 0.398 e.